The van der Waals surface area contributed by atoms with E-state index < -0.39 is 28.3 Å². The molecule has 0 aliphatic carbocycles. The Morgan fingerprint density at radius 2 is 1.67 bits per heavy atom. The molecular formula is C13H22N2O5S. The highest BCUT2D eigenvalue weighted by Crippen LogP contribution is 2.39. The summed E-state index contributed by atoms with van der Waals surface area (Å²) in [7, 11) is -3.76. The average molecular weight is 318 g/mol. The third kappa shape index (κ3) is 2.58. The quantitative estimate of drug-likeness (QED) is 0.772. The first-order valence-electron chi connectivity index (χ1n) is 7.62. The summed E-state index contributed by atoms with van der Waals surface area (Å²) in [6.07, 6.45) is 3.82. The summed E-state index contributed by atoms with van der Waals surface area (Å²) in [6.45, 7) is 0.276. The van der Waals surface area contributed by atoms with Crippen molar-refractivity contribution in [3.05, 3.63) is 0 Å². The highest BCUT2D eigenvalue weighted by Gasteiger charge is 2.50. The summed E-state index contributed by atoms with van der Waals surface area (Å²) >= 11 is 0. The van der Waals surface area contributed by atoms with E-state index in [1.54, 1.807) is 0 Å². The average Bonchev–Trinajstić information content (AvgIpc) is 2.72. The topological polar surface area (TPSA) is 98.2 Å². The van der Waals surface area contributed by atoms with Crippen LogP contribution in [0.4, 0.5) is 0 Å². The van der Waals surface area contributed by atoms with Crippen molar-refractivity contribution in [1.82, 2.24) is 8.61 Å². The molecule has 8 heteroatoms. The van der Waals surface area contributed by atoms with Crippen LogP contribution >= 0.6 is 0 Å². The molecule has 21 heavy (non-hydrogen) atoms. The maximum atomic E-state index is 12.9. The van der Waals surface area contributed by atoms with Crippen LogP contribution in [0.2, 0.25) is 0 Å². The lowest BCUT2D eigenvalue weighted by Gasteiger charge is -2.41. The Hall–Kier alpha value is -0.700. The van der Waals surface area contributed by atoms with Crippen molar-refractivity contribution in [2.24, 2.45) is 0 Å². The van der Waals surface area contributed by atoms with Gasteiger partial charge in [-0.3, -0.25) is 4.79 Å². The molecular weight excluding hydrogens is 296 g/mol. The highest BCUT2D eigenvalue weighted by atomic mass is 32.2. The third-order valence-electron chi connectivity index (χ3n) is 4.94. The number of rotatable bonds is 3. The summed E-state index contributed by atoms with van der Waals surface area (Å²) in [6, 6.07) is -1.31. The van der Waals surface area contributed by atoms with Crippen molar-refractivity contribution in [2.75, 3.05) is 6.54 Å². The molecule has 3 unspecified atom stereocenters. The minimum absolute atomic E-state index is 0.180. The van der Waals surface area contributed by atoms with Crippen LogP contribution in [0.5, 0.6) is 0 Å². The van der Waals surface area contributed by atoms with E-state index in [-0.39, 0.29) is 18.6 Å². The maximum Gasteiger partial charge on any atom is 0.322 e. The zero-order valence-electron chi connectivity index (χ0n) is 11.9. The van der Waals surface area contributed by atoms with Gasteiger partial charge in [-0.25, -0.2) is 0 Å². The predicted octanol–water partition coefficient (Wildman–Crippen LogP) is 0.158. The Morgan fingerprint density at radius 1 is 1.05 bits per heavy atom. The lowest BCUT2D eigenvalue weighted by atomic mass is 10.0. The van der Waals surface area contributed by atoms with Crippen LogP contribution in [0.1, 0.15) is 44.9 Å². The molecule has 2 N–H and O–H groups in total. The number of aliphatic hydroxyl groups is 1. The Balaban J connectivity index is 1.88. The van der Waals surface area contributed by atoms with E-state index >= 15 is 0 Å². The molecule has 2 bridgehead atoms. The van der Waals surface area contributed by atoms with E-state index in [4.69, 9.17) is 0 Å². The molecule has 0 saturated carbocycles. The number of carboxylic acid groups (broad SMARTS) is 1. The number of piperidine rings is 2. The van der Waals surface area contributed by atoms with Crippen LogP contribution in [0.25, 0.3) is 0 Å². The number of nitrogens with zero attached hydrogens (tertiary/aromatic N) is 2. The van der Waals surface area contributed by atoms with Gasteiger partial charge in [0, 0.05) is 18.6 Å². The molecule has 0 spiro atoms. The van der Waals surface area contributed by atoms with E-state index in [0.717, 1.165) is 19.3 Å². The van der Waals surface area contributed by atoms with E-state index in [1.165, 1.54) is 8.61 Å². The van der Waals surface area contributed by atoms with Crippen molar-refractivity contribution < 1.29 is 23.4 Å². The summed E-state index contributed by atoms with van der Waals surface area (Å²) in [5, 5.41) is 19.1. The normalized spacial score (nSPS) is 38.5. The molecule has 0 amide bonds. The summed E-state index contributed by atoms with van der Waals surface area (Å²) in [4.78, 5) is 11.4. The largest absolute Gasteiger partial charge is 0.480 e. The first-order chi connectivity index (χ1) is 9.91. The number of carboxylic acids is 1. The minimum atomic E-state index is -3.76. The number of aliphatic carboxylic acids is 1. The Morgan fingerprint density at radius 3 is 2.24 bits per heavy atom. The standard InChI is InChI=1S/C13H22N2O5S/c16-11-7-9-4-5-10(8-11)15(9)21(19,20)14-6-2-1-3-12(14)13(17)18/h9-12,16H,1-8H2,(H,17,18). The fraction of sp³-hybridized carbons (Fsp3) is 0.923. The van der Waals surface area contributed by atoms with Gasteiger partial charge in [-0.2, -0.15) is 17.0 Å². The van der Waals surface area contributed by atoms with Crippen LogP contribution in [0, 0.1) is 0 Å². The first kappa shape index (κ1) is 15.2. The smallest absolute Gasteiger partial charge is 0.322 e. The molecule has 0 aromatic rings. The molecule has 3 saturated heterocycles. The predicted molar refractivity (Wildman–Crippen MR) is 74.8 cm³/mol. The monoisotopic (exact) mass is 318 g/mol. The second kappa shape index (κ2) is 5.49. The van der Waals surface area contributed by atoms with Crippen LogP contribution in [0.3, 0.4) is 0 Å². The second-order valence-electron chi connectivity index (χ2n) is 6.31. The molecule has 3 aliphatic heterocycles. The van der Waals surface area contributed by atoms with Gasteiger partial charge in [0.2, 0.25) is 0 Å². The summed E-state index contributed by atoms with van der Waals surface area (Å²) < 4.78 is 28.5. The molecule has 0 aromatic heterocycles. The van der Waals surface area contributed by atoms with E-state index in [1.807, 2.05) is 0 Å². The van der Waals surface area contributed by atoms with Gasteiger partial charge in [0.25, 0.3) is 10.2 Å². The fourth-order valence-corrected chi connectivity index (χ4v) is 6.29. The molecule has 120 valence electrons. The number of carbonyl (C=O) groups is 1. The molecule has 0 radical (unpaired) electrons. The van der Waals surface area contributed by atoms with Gasteiger partial charge in [0.05, 0.1) is 6.10 Å². The lowest BCUT2D eigenvalue weighted by Crippen LogP contribution is -2.58. The Kier molecular flexibility index (Phi) is 3.98. The summed E-state index contributed by atoms with van der Waals surface area (Å²) in [5.41, 5.74) is 0. The third-order valence-corrected chi connectivity index (χ3v) is 7.10. The van der Waals surface area contributed by atoms with Crippen molar-refractivity contribution >= 4 is 16.2 Å². The molecule has 0 aromatic carbocycles. The maximum absolute atomic E-state index is 12.9. The number of aliphatic hydroxyl groups excluding tert-OH is 1. The SMILES string of the molecule is O=C(O)C1CCCCN1S(=O)(=O)N1C2CCC1CC(O)C2. The van der Waals surface area contributed by atoms with E-state index in [9.17, 15) is 23.4 Å². The minimum Gasteiger partial charge on any atom is -0.480 e. The van der Waals surface area contributed by atoms with Crippen LogP contribution < -0.4 is 0 Å². The zero-order chi connectivity index (χ0) is 15.2. The molecule has 3 atom stereocenters. The molecule has 3 rings (SSSR count). The second-order valence-corrected chi connectivity index (χ2v) is 8.09. The van der Waals surface area contributed by atoms with Gasteiger partial charge in [-0.15, -0.1) is 0 Å². The number of hydrogen-bond donors (Lipinski definition) is 2. The van der Waals surface area contributed by atoms with Gasteiger partial charge in [-0.05, 0) is 44.9 Å². The van der Waals surface area contributed by atoms with E-state index in [0.29, 0.717) is 25.7 Å². The van der Waals surface area contributed by atoms with Gasteiger partial charge < -0.3 is 10.2 Å². The van der Waals surface area contributed by atoms with Crippen molar-refractivity contribution in [3.8, 4) is 0 Å². The Labute approximate surface area is 124 Å². The van der Waals surface area contributed by atoms with Gasteiger partial charge in [0.15, 0.2) is 0 Å². The number of hydrogen-bond acceptors (Lipinski definition) is 4. The fourth-order valence-electron chi connectivity index (χ4n) is 4.03. The van der Waals surface area contributed by atoms with Gasteiger partial charge in [0.1, 0.15) is 6.04 Å². The van der Waals surface area contributed by atoms with Crippen molar-refractivity contribution in [2.45, 2.75) is 69.2 Å². The molecule has 7 nitrogen and oxygen atoms in total. The van der Waals surface area contributed by atoms with Crippen LogP contribution in [0.15, 0.2) is 0 Å². The molecule has 3 fully saturated rings. The molecule has 3 heterocycles. The lowest BCUT2D eigenvalue weighted by molar-refractivity contribution is -0.142. The van der Waals surface area contributed by atoms with Gasteiger partial charge in [-0.1, -0.05) is 0 Å². The van der Waals surface area contributed by atoms with Gasteiger partial charge >= 0.3 is 5.97 Å². The first-order valence-corrected chi connectivity index (χ1v) is 9.02. The number of fused-ring (bicyclic) bond motifs is 2. The van der Waals surface area contributed by atoms with Crippen LogP contribution in [-0.2, 0) is 15.0 Å². The van der Waals surface area contributed by atoms with Crippen LogP contribution in [-0.4, -0.2) is 64.0 Å². The Bertz CT molecular complexity index is 509. The highest BCUT2D eigenvalue weighted by molar-refractivity contribution is 7.86. The van der Waals surface area contributed by atoms with Crippen molar-refractivity contribution in [1.29, 1.82) is 0 Å². The van der Waals surface area contributed by atoms with E-state index in [2.05, 4.69) is 0 Å². The zero-order valence-corrected chi connectivity index (χ0v) is 12.7. The van der Waals surface area contributed by atoms with Crippen molar-refractivity contribution in [3.63, 3.8) is 0 Å². The summed E-state index contributed by atoms with van der Waals surface area (Å²) in [5.74, 6) is -1.07. The molecule has 3 aliphatic rings.